The van der Waals surface area contributed by atoms with Gasteiger partial charge in [0, 0.05) is 0 Å². The lowest BCUT2D eigenvalue weighted by Crippen LogP contribution is -2.04. The molecule has 4 heteroatoms. The minimum atomic E-state index is -3.81. The van der Waals surface area contributed by atoms with Crippen molar-refractivity contribution in [3.8, 4) is 0 Å². The monoisotopic (exact) mass is 368 g/mol. The number of unbranched alkanes of at least 4 members (excludes halogenated alkanes) is 6. The lowest BCUT2D eigenvalue weighted by Gasteiger charge is -2.12. The molecule has 0 bridgehead atoms. The largest absolute Gasteiger partial charge is 0.286 e. The second kappa shape index (κ2) is 12.5. The zero-order valence-corrected chi connectivity index (χ0v) is 16.9. The highest BCUT2D eigenvalue weighted by atomic mass is 32.2. The fourth-order valence-electron chi connectivity index (χ4n) is 3.23. The van der Waals surface area contributed by atoms with E-state index in [1.165, 1.54) is 61.6 Å². The molecule has 1 aromatic rings. The molecular formula is C21H36O3S. The van der Waals surface area contributed by atoms with Crippen molar-refractivity contribution in [3.05, 3.63) is 34.9 Å². The highest BCUT2D eigenvalue weighted by molar-refractivity contribution is 7.85. The van der Waals surface area contributed by atoms with Gasteiger partial charge >= 0.3 is 0 Å². The average molecular weight is 369 g/mol. The first-order chi connectivity index (χ1) is 12.0. The van der Waals surface area contributed by atoms with Crippen molar-refractivity contribution in [2.75, 3.05) is 5.75 Å². The molecule has 0 aromatic heterocycles. The SMILES string of the molecule is CCCCCc1ccc(CCCCCS(=O)(=O)O)c(CCCCC)c1. The van der Waals surface area contributed by atoms with Crippen LogP contribution in [0.15, 0.2) is 18.2 Å². The predicted molar refractivity (Wildman–Crippen MR) is 107 cm³/mol. The van der Waals surface area contributed by atoms with E-state index in [0.717, 1.165) is 25.7 Å². The zero-order chi connectivity index (χ0) is 18.5. The molecule has 1 N–H and O–H groups in total. The van der Waals surface area contributed by atoms with Crippen LogP contribution in [0.25, 0.3) is 0 Å². The summed E-state index contributed by atoms with van der Waals surface area (Å²) < 4.78 is 30.3. The van der Waals surface area contributed by atoms with Crippen LogP contribution >= 0.6 is 0 Å². The molecule has 0 radical (unpaired) electrons. The second-order valence-electron chi connectivity index (χ2n) is 7.11. The number of benzene rings is 1. The number of rotatable bonds is 14. The van der Waals surface area contributed by atoms with Gasteiger partial charge in [-0.05, 0) is 61.6 Å². The molecule has 1 aromatic carbocycles. The summed E-state index contributed by atoms with van der Waals surface area (Å²) in [6, 6.07) is 6.96. The number of hydrogen-bond donors (Lipinski definition) is 1. The highest BCUT2D eigenvalue weighted by Crippen LogP contribution is 2.20. The molecule has 3 nitrogen and oxygen atoms in total. The van der Waals surface area contributed by atoms with Gasteiger partial charge < -0.3 is 0 Å². The summed E-state index contributed by atoms with van der Waals surface area (Å²) in [6.45, 7) is 4.47. The maximum Gasteiger partial charge on any atom is 0.264 e. The van der Waals surface area contributed by atoms with E-state index < -0.39 is 10.1 Å². The van der Waals surface area contributed by atoms with Crippen LogP contribution in [0.5, 0.6) is 0 Å². The van der Waals surface area contributed by atoms with E-state index in [1.54, 1.807) is 0 Å². The Morgan fingerprint density at radius 1 is 0.760 bits per heavy atom. The maximum absolute atomic E-state index is 10.8. The smallest absolute Gasteiger partial charge is 0.264 e. The molecule has 144 valence electrons. The van der Waals surface area contributed by atoms with E-state index in [-0.39, 0.29) is 5.75 Å². The molecule has 0 aliphatic rings. The van der Waals surface area contributed by atoms with E-state index in [2.05, 4.69) is 32.0 Å². The van der Waals surface area contributed by atoms with Gasteiger partial charge in [-0.3, -0.25) is 4.55 Å². The van der Waals surface area contributed by atoms with E-state index in [9.17, 15) is 8.42 Å². The first-order valence-corrected chi connectivity index (χ1v) is 11.6. The van der Waals surface area contributed by atoms with Crippen molar-refractivity contribution >= 4 is 10.1 Å². The Morgan fingerprint density at radius 2 is 1.36 bits per heavy atom. The van der Waals surface area contributed by atoms with Crippen LogP contribution in [0.3, 0.4) is 0 Å². The Labute approximate surface area is 155 Å². The normalized spacial score (nSPS) is 11.8. The third-order valence-electron chi connectivity index (χ3n) is 4.74. The van der Waals surface area contributed by atoms with Crippen molar-refractivity contribution < 1.29 is 13.0 Å². The quantitative estimate of drug-likeness (QED) is 0.336. The van der Waals surface area contributed by atoms with E-state index >= 15 is 0 Å². The van der Waals surface area contributed by atoms with Crippen molar-refractivity contribution in [2.45, 2.75) is 90.9 Å². The summed E-state index contributed by atoms with van der Waals surface area (Å²) in [5, 5.41) is 0. The fraction of sp³-hybridized carbons (Fsp3) is 0.714. The Kier molecular flexibility index (Phi) is 11.1. The van der Waals surface area contributed by atoms with Crippen LogP contribution < -0.4 is 0 Å². The van der Waals surface area contributed by atoms with E-state index in [1.807, 2.05) is 0 Å². The molecule has 0 aliphatic carbocycles. The predicted octanol–water partition coefficient (Wildman–Crippen LogP) is 5.75. The molecule has 0 spiro atoms. The summed E-state index contributed by atoms with van der Waals surface area (Å²) in [5.41, 5.74) is 4.36. The second-order valence-corrected chi connectivity index (χ2v) is 8.69. The van der Waals surface area contributed by atoms with Crippen LogP contribution in [-0.4, -0.2) is 18.7 Å². The summed E-state index contributed by atoms with van der Waals surface area (Å²) in [7, 11) is -3.81. The van der Waals surface area contributed by atoms with Gasteiger partial charge in [0.2, 0.25) is 0 Å². The molecule has 0 amide bonds. The first-order valence-electron chi connectivity index (χ1n) is 10.0. The molecule has 1 rings (SSSR count). The van der Waals surface area contributed by atoms with Gasteiger partial charge in [-0.1, -0.05) is 64.2 Å². The molecule has 0 fully saturated rings. The van der Waals surface area contributed by atoms with Crippen molar-refractivity contribution in [1.82, 2.24) is 0 Å². The van der Waals surface area contributed by atoms with Gasteiger partial charge in [-0.15, -0.1) is 0 Å². The van der Waals surface area contributed by atoms with Crippen LogP contribution in [-0.2, 0) is 29.4 Å². The Hall–Kier alpha value is -0.870. The van der Waals surface area contributed by atoms with Crippen LogP contribution in [0.2, 0.25) is 0 Å². The van der Waals surface area contributed by atoms with Gasteiger partial charge in [0.25, 0.3) is 10.1 Å². The standard InChI is InChI=1S/C21H36O3S/c1-3-5-8-12-19-15-16-20(21(18-19)14-9-6-4-2)13-10-7-11-17-25(22,23)24/h15-16,18H,3-14,17H2,1-2H3,(H,22,23,24). The minimum Gasteiger partial charge on any atom is -0.286 e. The molecule has 0 unspecified atom stereocenters. The van der Waals surface area contributed by atoms with Gasteiger partial charge in [0.05, 0.1) is 5.75 Å². The van der Waals surface area contributed by atoms with Gasteiger partial charge in [-0.2, -0.15) is 8.42 Å². The highest BCUT2D eigenvalue weighted by Gasteiger charge is 2.07. The molecule has 0 heterocycles. The molecule has 0 saturated carbocycles. The van der Waals surface area contributed by atoms with Gasteiger partial charge in [0.1, 0.15) is 0 Å². The number of aryl methyl sites for hydroxylation is 3. The fourth-order valence-corrected chi connectivity index (χ4v) is 3.80. The molecule has 0 atom stereocenters. The zero-order valence-electron chi connectivity index (χ0n) is 16.1. The van der Waals surface area contributed by atoms with E-state index in [4.69, 9.17) is 4.55 Å². The Morgan fingerprint density at radius 3 is 2.00 bits per heavy atom. The Balaban J connectivity index is 2.58. The number of hydrogen-bond acceptors (Lipinski definition) is 2. The third kappa shape index (κ3) is 10.7. The van der Waals surface area contributed by atoms with Crippen LogP contribution in [0.1, 0.15) is 88.3 Å². The summed E-state index contributed by atoms with van der Waals surface area (Å²) in [4.78, 5) is 0. The Bertz CT molecular complexity index is 579. The summed E-state index contributed by atoms with van der Waals surface area (Å²) in [5.74, 6) is -0.118. The molecule has 0 aliphatic heterocycles. The molecule has 25 heavy (non-hydrogen) atoms. The lowest BCUT2D eigenvalue weighted by atomic mass is 9.93. The van der Waals surface area contributed by atoms with Gasteiger partial charge in [0.15, 0.2) is 0 Å². The summed E-state index contributed by atoms with van der Waals surface area (Å²) in [6.07, 6.45) is 13.2. The maximum atomic E-state index is 10.8. The van der Waals surface area contributed by atoms with Gasteiger partial charge in [-0.25, -0.2) is 0 Å². The van der Waals surface area contributed by atoms with Crippen molar-refractivity contribution in [3.63, 3.8) is 0 Å². The lowest BCUT2D eigenvalue weighted by molar-refractivity contribution is 0.479. The molecule has 0 saturated heterocycles. The third-order valence-corrected chi connectivity index (χ3v) is 5.54. The topological polar surface area (TPSA) is 54.4 Å². The van der Waals surface area contributed by atoms with Crippen molar-refractivity contribution in [1.29, 1.82) is 0 Å². The summed E-state index contributed by atoms with van der Waals surface area (Å²) >= 11 is 0. The average Bonchev–Trinajstić information content (AvgIpc) is 2.55. The van der Waals surface area contributed by atoms with E-state index in [0.29, 0.717) is 6.42 Å². The van der Waals surface area contributed by atoms with Crippen molar-refractivity contribution in [2.24, 2.45) is 0 Å². The molecular weight excluding hydrogens is 332 g/mol. The van der Waals surface area contributed by atoms with Crippen LogP contribution in [0.4, 0.5) is 0 Å². The first kappa shape index (κ1) is 22.2. The minimum absolute atomic E-state index is 0.118. The van der Waals surface area contributed by atoms with Crippen LogP contribution in [0, 0.1) is 0 Å².